The minimum absolute atomic E-state index is 0.740. The molecule has 1 atom stereocenters. The maximum absolute atomic E-state index is 4.40. The number of nitrogens with one attached hydrogen (secondary N) is 1. The first kappa shape index (κ1) is 12.3. The van der Waals surface area contributed by atoms with E-state index in [-0.39, 0.29) is 0 Å². The number of piperidine rings is 1. The first-order valence-corrected chi connectivity index (χ1v) is 6.38. The zero-order chi connectivity index (χ0) is 12.3. The molecule has 1 aromatic rings. The molecule has 2 heterocycles. The van der Waals surface area contributed by atoms with Crippen LogP contribution in [0.15, 0.2) is 6.07 Å². The summed E-state index contributed by atoms with van der Waals surface area (Å²) in [7, 11) is 2.20. The van der Waals surface area contributed by atoms with Crippen molar-refractivity contribution in [1.29, 1.82) is 0 Å². The van der Waals surface area contributed by atoms with E-state index < -0.39 is 0 Å². The molecule has 1 saturated heterocycles. The van der Waals surface area contributed by atoms with Gasteiger partial charge in [-0.05, 0) is 46.2 Å². The van der Waals surface area contributed by atoms with Crippen molar-refractivity contribution >= 4 is 5.82 Å². The van der Waals surface area contributed by atoms with Gasteiger partial charge in [0.15, 0.2) is 0 Å². The summed E-state index contributed by atoms with van der Waals surface area (Å²) >= 11 is 0. The zero-order valence-electron chi connectivity index (χ0n) is 11.0. The van der Waals surface area contributed by atoms with E-state index in [2.05, 4.69) is 27.2 Å². The van der Waals surface area contributed by atoms with Gasteiger partial charge in [0.25, 0.3) is 0 Å². The van der Waals surface area contributed by atoms with Crippen molar-refractivity contribution in [1.82, 2.24) is 14.9 Å². The van der Waals surface area contributed by atoms with E-state index in [9.17, 15) is 0 Å². The third-order valence-corrected chi connectivity index (χ3v) is 3.26. The second-order valence-electron chi connectivity index (χ2n) is 5.09. The lowest BCUT2D eigenvalue weighted by atomic mass is 9.98. The number of rotatable bonds is 3. The van der Waals surface area contributed by atoms with Crippen LogP contribution in [0.3, 0.4) is 0 Å². The zero-order valence-corrected chi connectivity index (χ0v) is 11.0. The molecular weight excluding hydrogens is 212 g/mol. The van der Waals surface area contributed by atoms with Crippen LogP contribution >= 0.6 is 0 Å². The van der Waals surface area contributed by atoms with Gasteiger partial charge in [0, 0.05) is 24.8 Å². The standard InChI is InChI=1S/C13H22N4/c1-10-7-13(16-11(2)15-10)14-8-12-5-4-6-17(3)9-12/h7,12H,4-6,8-9H2,1-3H3,(H,14,15,16). The van der Waals surface area contributed by atoms with Gasteiger partial charge in [0.05, 0.1) is 0 Å². The molecule has 2 rings (SSSR count). The van der Waals surface area contributed by atoms with Crippen molar-refractivity contribution in [3.8, 4) is 0 Å². The predicted octanol–water partition coefficient (Wildman–Crippen LogP) is 1.85. The van der Waals surface area contributed by atoms with Crippen LogP contribution in [-0.2, 0) is 0 Å². The summed E-state index contributed by atoms with van der Waals surface area (Å²) < 4.78 is 0. The molecular formula is C13H22N4. The quantitative estimate of drug-likeness (QED) is 0.866. The Labute approximate surface area is 103 Å². The van der Waals surface area contributed by atoms with Gasteiger partial charge in [0.2, 0.25) is 0 Å². The van der Waals surface area contributed by atoms with Crippen LogP contribution in [0.2, 0.25) is 0 Å². The number of aryl methyl sites for hydroxylation is 2. The molecule has 1 fully saturated rings. The van der Waals surface area contributed by atoms with Crippen LogP contribution in [0.1, 0.15) is 24.4 Å². The molecule has 1 aliphatic rings. The van der Waals surface area contributed by atoms with E-state index in [1.54, 1.807) is 0 Å². The maximum atomic E-state index is 4.40. The number of aromatic nitrogens is 2. The van der Waals surface area contributed by atoms with Gasteiger partial charge in [0.1, 0.15) is 11.6 Å². The van der Waals surface area contributed by atoms with Crippen LogP contribution < -0.4 is 5.32 Å². The summed E-state index contributed by atoms with van der Waals surface area (Å²) in [4.78, 5) is 11.1. The van der Waals surface area contributed by atoms with Gasteiger partial charge in [-0.3, -0.25) is 0 Å². The Balaban J connectivity index is 1.88. The lowest BCUT2D eigenvalue weighted by Gasteiger charge is -2.29. The average Bonchev–Trinajstić information content (AvgIpc) is 2.25. The molecule has 4 nitrogen and oxygen atoms in total. The Hall–Kier alpha value is -1.16. The fourth-order valence-corrected chi connectivity index (χ4v) is 2.50. The third kappa shape index (κ3) is 3.66. The van der Waals surface area contributed by atoms with E-state index in [0.29, 0.717) is 0 Å². The van der Waals surface area contributed by atoms with Crippen molar-refractivity contribution in [3.63, 3.8) is 0 Å². The molecule has 0 aromatic carbocycles. The summed E-state index contributed by atoms with van der Waals surface area (Å²) in [6, 6.07) is 2.01. The van der Waals surface area contributed by atoms with Gasteiger partial charge in [-0.2, -0.15) is 0 Å². The number of anilines is 1. The molecule has 4 heteroatoms. The molecule has 0 radical (unpaired) electrons. The Morgan fingerprint density at radius 3 is 2.94 bits per heavy atom. The second-order valence-corrected chi connectivity index (χ2v) is 5.09. The van der Waals surface area contributed by atoms with Crippen LogP contribution in [0.5, 0.6) is 0 Å². The average molecular weight is 234 g/mol. The van der Waals surface area contributed by atoms with Crippen LogP contribution in [0.25, 0.3) is 0 Å². The topological polar surface area (TPSA) is 41.0 Å². The largest absolute Gasteiger partial charge is 0.370 e. The van der Waals surface area contributed by atoms with Gasteiger partial charge in [-0.15, -0.1) is 0 Å². The van der Waals surface area contributed by atoms with E-state index in [1.165, 1.54) is 25.9 Å². The van der Waals surface area contributed by atoms with Gasteiger partial charge in [-0.25, -0.2) is 9.97 Å². The van der Waals surface area contributed by atoms with Crippen molar-refractivity contribution in [2.45, 2.75) is 26.7 Å². The normalized spacial score (nSPS) is 21.5. The third-order valence-electron chi connectivity index (χ3n) is 3.26. The summed E-state index contributed by atoms with van der Waals surface area (Å²) in [6.45, 7) is 7.39. The first-order chi connectivity index (χ1) is 8.13. The van der Waals surface area contributed by atoms with Gasteiger partial charge < -0.3 is 10.2 Å². The highest BCUT2D eigenvalue weighted by atomic mass is 15.1. The second kappa shape index (κ2) is 5.45. The molecule has 0 saturated carbocycles. The molecule has 17 heavy (non-hydrogen) atoms. The van der Waals surface area contributed by atoms with Crippen molar-refractivity contribution < 1.29 is 0 Å². The smallest absolute Gasteiger partial charge is 0.129 e. The molecule has 0 spiro atoms. The van der Waals surface area contributed by atoms with Gasteiger partial charge in [-0.1, -0.05) is 0 Å². The highest BCUT2D eigenvalue weighted by molar-refractivity contribution is 5.35. The van der Waals surface area contributed by atoms with Crippen molar-refractivity contribution in [3.05, 3.63) is 17.6 Å². The lowest BCUT2D eigenvalue weighted by Crippen LogP contribution is -2.35. The van der Waals surface area contributed by atoms with Crippen molar-refractivity contribution in [2.75, 3.05) is 32.0 Å². The molecule has 1 aromatic heterocycles. The first-order valence-electron chi connectivity index (χ1n) is 6.38. The Morgan fingerprint density at radius 1 is 1.41 bits per heavy atom. The molecule has 1 unspecified atom stereocenters. The Bertz CT molecular complexity index is 357. The van der Waals surface area contributed by atoms with Crippen molar-refractivity contribution in [2.24, 2.45) is 5.92 Å². The fourth-order valence-electron chi connectivity index (χ4n) is 2.50. The summed E-state index contributed by atoms with van der Waals surface area (Å²) in [6.07, 6.45) is 2.63. The number of hydrogen-bond donors (Lipinski definition) is 1. The van der Waals surface area contributed by atoms with Crippen LogP contribution in [0, 0.1) is 19.8 Å². The minimum atomic E-state index is 0.740. The van der Waals surface area contributed by atoms with E-state index in [4.69, 9.17) is 0 Å². The summed E-state index contributed by atoms with van der Waals surface area (Å²) in [5.74, 6) is 2.54. The van der Waals surface area contributed by atoms with E-state index >= 15 is 0 Å². The number of nitrogens with zero attached hydrogens (tertiary/aromatic N) is 3. The molecule has 0 aliphatic carbocycles. The van der Waals surface area contributed by atoms with Gasteiger partial charge >= 0.3 is 0 Å². The summed E-state index contributed by atoms with van der Waals surface area (Å²) in [5.41, 5.74) is 1.03. The maximum Gasteiger partial charge on any atom is 0.129 e. The van der Waals surface area contributed by atoms with Crippen LogP contribution in [-0.4, -0.2) is 41.5 Å². The summed E-state index contributed by atoms with van der Waals surface area (Å²) in [5, 5.41) is 3.44. The Kier molecular flexibility index (Phi) is 3.94. The molecule has 0 bridgehead atoms. The fraction of sp³-hybridized carbons (Fsp3) is 0.692. The number of hydrogen-bond acceptors (Lipinski definition) is 4. The van der Waals surface area contributed by atoms with E-state index in [0.717, 1.165) is 29.8 Å². The van der Waals surface area contributed by atoms with E-state index in [1.807, 2.05) is 19.9 Å². The molecule has 1 N–H and O–H groups in total. The Morgan fingerprint density at radius 2 is 2.24 bits per heavy atom. The lowest BCUT2D eigenvalue weighted by molar-refractivity contribution is 0.217. The highest BCUT2D eigenvalue weighted by Gasteiger charge is 2.16. The minimum Gasteiger partial charge on any atom is -0.370 e. The highest BCUT2D eigenvalue weighted by Crippen LogP contribution is 2.16. The molecule has 1 aliphatic heterocycles. The SMILES string of the molecule is Cc1cc(NCC2CCCN(C)C2)nc(C)n1. The predicted molar refractivity (Wildman–Crippen MR) is 70.2 cm³/mol. The monoisotopic (exact) mass is 234 g/mol. The molecule has 0 amide bonds. The number of likely N-dealkylation sites (tertiary alicyclic amines) is 1. The van der Waals surface area contributed by atoms with Crippen LogP contribution in [0.4, 0.5) is 5.82 Å². The molecule has 94 valence electrons.